The Labute approximate surface area is 141 Å². The Morgan fingerprint density at radius 2 is 1.92 bits per heavy atom. The molecule has 1 saturated heterocycles. The number of nitrogens with one attached hydrogen (secondary N) is 3. The van der Waals surface area contributed by atoms with E-state index >= 15 is 0 Å². The summed E-state index contributed by atoms with van der Waals surface area (Å²) in [5.74, 6) is -0.205. The molecule has 1 fully saturated rings. The van der Waals surface area contributed by atoms with Gasteiger partial charge in [0.15, 0.2) is 0 Å². The van der Waals surface area contributed by atoms with Crippen LogP contribution < -0.4 is 16.0 Å². The molecule has 1 aliphatic rings. The summed E-state index contributed by atoms with van der Waals surface area (Å²) in [6, 6.07) is 16.6. The van der Waals surface area contributed by atoms with Crippen LogP contribution in [0, 0.1) is 0 Å². The highest BCUT2D eigenvalue weighted by atomic mass is 16.2. The van der Waals surface area contributed by atoms with Crippen LogP contribution in [0.1, 0.15) is 28.8 Å². The van der Waals surface area contributed by atoms with E-state index < -0.39 is 0 Å². The van der Waals surface area contributed by atoms with Crippen molar-refractivity contribution in [2.75, 3.05) is 11.9 Å². The molecular weight excluding hydrogens is 302 g/mol. The fraction of sp³-hybridized carbons (Fsp3) is 0.263. The van der Waals surface area contributed by atoms with Crippen molar-refractivity contribution in [1.29, 1.82) is 0 Å². The fourth-order valence-electron chi connectivity index (χ4n) is 2.76. The molecule has 3 N–H and O–H groups in total. The van der Waals surface area contributed by atoms with E-state index in [1.807, 2.05) is 30.3 Å². The summed E-state index contributed by atoms with van der Waals surface area (Å²) in [5.41, 5.74) is 2.21. The van der Waals surface area contributed by atoms with Crippen LogP contribution in [0.3, 0.4) is 0 Å². The highest BCUT2D eigenvalue weighted by Gasteiger charge is 2.22. The Kier molecular flexibility index (Phi) is 5.23. The number of carbonyl (C=O) groups is 2. The van der Waals surface area contributed by atoms with Crippen LogP contribution in [0.4, 0.5) is 5.69 Å². The quantitative estimate of drug-likeness (QED) is 0.791. The van der Waals surface area contributed by atoms with E-state index in [2.05, 4.69) is 16.0 Å². The standard InChI is InChI=1S/C19H21N3O2/c23-18(21-13-14-6-2-1-3-7-14)15-8-4-9-16(12-15)22-19(24)17-10-5-11-20-17/h1-4,6-9,12,17,20H,5,10-11,13H2,(H,21,23)(H,22,24). The Hall–Kier alpha value is -2.66. The largest absolute Gasteiger partial charge is 0.348 e. The Morgan fingerprint density at radius 3 is 2.67 bits per heavy atom. The highest BCUT2D eigenvalue weighted by molar-refractivity contribution is 5.98. The van der Waals surface area contributed by atoms with Crippen LogP contribution in [-0.4, -0.2) is 24.4 Å². The first-order valence-electron chi connectivity index (χ1n) is 8.19. The molecule has 0 saturated carbocycles. The molecule has 5 nitrogen and oxygen atoms in total. The molecule has 1 heterocycles. The zero-order chi connectivity index (χ0) is 16.8. The third kappa shape index (κ3) is 4.20. The van der Waals surface area contributed by atoms with E-state index in [-0.39, 0.29) is 17.9 Å². The molecule has 0 aromatic heterocycles. The summed E-state index contributed by atoms with van der Waals surface area (Å²) in [4.78, 5) is 24.4. The van der Waals surface area contributed by atoms with Gasteiger partial charge in [-0.15, -0.1) is 0 Å². The number of rotatable bonds is 5. The Morgan fingerprint density at radius 1 is 1.08 bits per heavy atom. The Balaban J connectivity index is 1.59. The molecule has 2 aromatic carbocycles. The van der Waals surface area contributed by atoms with Gasteiger partial charge >= 0.3 is 0 Å². The molecule has 124 valence electrons. The summed E-state index contributed by atoms with van der Waals surface area (Å²) in [6.45, 7) is 1.35. The third-order valence-corrected chi connectivity index (χ3v) is 4.06. The topological polar surface area (TPSA) is 70.2 Å². The van der Waals surface area contributed by atoms with Gasteiger partial charge in [0, 0.05) is 17.8 Å². The van der Waals surface area contributed by atoms with Gasteiger partial charge in [0.1, 0.15) is 0 Å². The molecular formula is C19H21N3O2. The van der Waals surface area contributed by atoms with Gasteiger partial charge < -0.3 is 16.0 Å². The molecule has 1 unspecified atom stereocenters. The second-order valence-electron chi connectivity index (χ2n) is 5.89. The van der Waals surface area contributed by atoms with Crippen LogP contribution >= 0.6 is 0 Å². The van der Waals surface area contributed by atoms with Gasteiger partial charge in [-0.25, -0.2) is 0 Å². The maximum absolute atomic E-state index is 12.3. The average Bonchev–Trinajstić information content (AvgIpc) is 3.15. The van der Waals surface area contributed by atoms with Crippen molar-refractivity contribution in [3.63, 3.8) is 0 Å². The minimum atomic E-state index is -0.158. The van der Waals surface area contributed by atoms with Crippen molar-refractivity contribution >= 4 is 17.5 Å². The molecule has 3 rings (SSSR count). The number of carbonyl (C=O) groups excluding carboxylic acids is 2. The van der Waals surface area contributed by atoms with E-state index in [0.29, 0.717) is 17.8 Å². The molecule has 0 spiro atoms. The molecule has 0 radical (unpaired) electrons. The van der Waals surface area contributed by atoms with Crippen LogP contribution in [0.25, 0.3) is 0 Å². The second kappa shape index (κ2) is 7.75. The predicted molar refractivity (Wildman–Crippen MR) is 93.7 cm³/mol. The lowest BCUT2D eigenvalue weighted by Gasteiger charge is -2.12. The number of hydrogen-bond donors (Lipinski definition) is 3. The molecule has 1 aliphatic heterocycles. The lowest BCUT2D eigenvalue weighted by Crippen LogP contribution is -2.35. The van der Waals surface area contributed by atoms with Crippen molar-refractivity contribution in [3.05, 3.63) is 65.7 Å². The third-order valence-electron chi connectivity index (χ3n) is 4.06. The van der Waals surface area contributed by atoms with E-state index in [4.69, 9.17) is 0 Å². The van der Waals surface area contributed by atoms with E-state index in [1.54, 1.807) is 24.3 Å². The molecule has 0 aliphatic carbocycles. The van der Waals surface area contributed by atoms with Crippen LogP contribution in [0.15, 0.2) is 54.6 Å². The van der Waals surface area contributed by atoms with Crippen molar-refractivity contribution in [1.82, 2.24) is 10.6 Å². The predicted octanol–water partition coefficient (Wildman–Crippen LogP) is 2.31. The monoisotopic (exact) mass is 323 g/mol. The summed E-state index contributed by atoms with van der Waals surface area (Å²) < 4.78 is 0. The molecule has 2 aromatic rings. The van der Waals surface area contributed by atoms with E-state index in [1.165, 1.54) is 0 Å². The van der Waals surface area contributed by atoms with Crippen molar-refractivity contribution in [3.8, 4) is 0 Å². The van der Waals surface area contributed by atoms with Crippen LogP contribution in [0.5, 0.6) is 0 Å². The lowest BCUT2D eigenvalue weighted by molar-refractivity contribution is -0.117. The first kappa shape index (κ1) is 16.2. The summed E-state index contributed by atoms with van der Waals surface area (Å²) in [7, 11) is 0. The average molecular weight is 323 g/mol. The maximum atomic E-state index is 12.3. The number of hydrogen-bond acceptors (Lipinski definition) is 3. The zero-order valence-corrected chi connectivity index (χ0v) is 13.4. The molecule has 5 heteroatoms. The number of anilines is 1. The SMILES string of the molecule is O=C(NCc1ccccc1)c1cccc(NC(=O)C2CCCN2)c1. The molecule has 1 atom stereocenters. The van der Waals surface area contributed by atoms with Gasteiger partial charge in [-0.2, -0.15) is 0 Å². The van der Waals surface area contributed by atoms with E-state index in [0.717, 1.165) is 24.9 Å². The molecule has 24 heavy (non-hydrogen) atoms. The van der Waals surface area contributed by atoms with Crippen molar-refractivity contribution in [2.45, 2.75) is 25.4 Å². The number of amides is 2. The summed E-state index contributed by atoms with van der Waals surface area (Å²) >= 11 is 0. The van der Waals surface area contributed by atoms with Gasteiger partial charge in [-0.05, 0) is 43.1 Å². The van der Waals surface area contributed by atoms with Crippen LogP contribution in [-0.2, 0) is 11.3 Å². The van der Waals surface area contributed by atoms with Gasteiger partial charge in [0.25, 0.3) is 5.91 Å². The first-order chi connectivity index (χ1) is 11.7. The summed E-state index contributed by atoms with van der Waals surface area (Å²) in [5, 5.41) is 8.92. The van der Waals surface area contributed by atoms with Crippen molar-refractivity contribution < 1.29 is 9.59 Å². The minimum Gasteiger partial charge on any atom is -0.348 e. The smallest absolute Gasteiger partial charge is 0.251 e. The minimum absolute atomic E-state index is 0.0469. The fourth-order valence-corrected chi connectivity index (χ4v) is 2.76. The number of benzene rings is 2. The maximum Gasteiger partial charge on any atom is 0.251 e. The highest BCUT2D eigenvalue weighted by Crippen LogP contribution is 2.13. The van der Waals surface area contributed by atoms with Gasteiger partial charge in [-0.3, -0.25) is 9.59 Å². The molecule has 2 amide bonds. The first-order valence-corrected chi connectivity index (χ1v) is 8.19. The normalized spacial score (nSPS) is 16.6. The van der Waals surface area contributed by atoms with Crippen molar-refractivity contribution in [2.24, 2.45) is 0 Å². The molecule has 0 bridgehead atoms. The second-order valence-corrected chi connectivity index (χ2v) is 5.89. The summed E-state index contributed by atoms with van der Waals surface area (Å²) in [6.07, 6.45) is 1.86. The van der Waals surface area contributed by atoms with E-state index in [9.17, 15) is 9.59 Å². The van der Waals surface area contributed by atoms with Gasteiger partial charge in [-0.1, -0.05) is 36.4 Å². The lowest BCUT2D eigenvalue weighted by atomic mass is 10.1. The van der Waals surface area contributed by atoms with Gasteiger partial charge in [0.2, 0.25) is 5.91 Å². The van der Waals surface area contributed by atoms with Gasteiger partial charge in [0.05, 0.1) is 6.04 Å². The Bertz CT molecular complexity index is 710. The zero-order valence-electron chi connectivity index (χ0n) is 13.4. The van der Waals surface area contributed by atoms with Crippen LogP contribution in [0.2, 0.25) is 0 Å².